The van der Waals surface area contributed by atoms with E-state index < -0.39 is 10.8 Å². The van der Waals surface area contributed by atoms with E-state index in [0.717, 1.165) is 31.6 Å². The fraction of sp³-hybridized carbons (Fsp3) is 0.350. The lowest BCUT2D eigenvalue weighted by Gasteiger charge is -2.30. The number of nitrogens with one attached hydrogen (secondary N) is 1. The Balaban J connectivity index is 1.87. The van der Waals surface area contributed by atoms with Crippen LogP contribution >= 0.6 is 11.6 Å². The van der Waals surface area contributed by atoms with E-state index in [9.17, 15) is 14.9 Å². The van der Waals surface area contributed by atoms with Gasteiger partial charge in [-0.3, -0.25) is 14.9 Å². The summed E-state index contributed by atoms with van der Waals surface area (Å²) in [5.74, 6) is -0.299. The van der Waals surface area contributed by atoms with Crippen LogP contribution in [0.2, 0.25) is 5.02 Å². The molecule has 1 aliphatic heterocycles. The van der Waals surface area contributed by atoms with Crippen molar-refractivity contribution in [3.05, 3.63) is 57.1 Å². The van der Waals surface area contributed by atoms with E-state index >= 15 is 0 Å². The van der Waals surface area contributed by atoms with E-state index in [2.05, 4.69) is 10.2 Å². The van der Waals surface area contributed by atoms with Gasteiger partial charge in [0.1, 0.15) is 0 Å². The Hall–Kier alpha value is -2.80. The molecule has 0 aliphatic carbocycles. The number of anilines is 2. The SMILES string of the molecule is CCOc1ccc(C(=O)Nc2cc(Cl)ccc2N2CCCCC2)cc1[N+](=O)[O-]. The number of benzene rings is 2. The van der Waals surface area contributed by atoms with Crippen molar-refractivity contribution in [1.29, 1.82) is 0 Å². The molecule has 0 radical (unpaired) electrons. The van der Waals surface area contributed by atoms with Crippen molar-refractivity contribution in [3.8, 4) is 5.75 Å². The molecule has 2 aromatic carbocycles. The van der Waals surface area contributed by atoms with Gasteiger partial charge in [-0.1, -0.05) is 11.6 Å². The Morgan fingerprint density at radius 1 is 1.21 bits per heavy atom. The highest BCUT2D eigenvalue weighted by atomic mass is 35.5. The first-order valence-corrected chi connectivity index (χ1v) is 9.64. The van der Waals surface area contributed by atoms with Crippen LogP contribution in [0.1, 0.15) is 36.5 Å². The molecule has 0 saturated carbocycles. The Morgan fingerprint density at radius 2 is 1.96 bits per heavy atom. The Bertz CT molecular complexity index is 882. The lowest BCUT2D eigenvalue weighted by Crippen LogP contribution is -2.30. The molecule has 148 valence electrons. The second-order valence-electron chi connectivity index (χ2n) is 6.54. The molecule has 0 atom stereocenters. The summed E-state index contributed by atoms with van der Waals surface area (Å²) in [5.41, 5.74) is 1.44. The fourth-order valence-corrected chi connectivity index (χ4v) is 3.46. The molecule has 0 bridgehead atoms. The van der Waals surface area contributed by atoms with Crippen LogP contribution < -0.4 is 15.0 Å². The van der Waals surface area contributed by atoms with Crippen LogP contribution in [-0.4, -0.2) is 30.5 Å². The van der Waals surface area contributed by atoms with Crippen LogP contribution in [-0.2, 0) is 0 Å². The topological polar surface area (TPSA) is 84.7 Å². The van der Waals surface area contributed by atoms with Crippen LogP contribution in [0.25, 0.3) is 0 Å². The van der Waals surface area contributed by atoms with E-state index in [1.54, 1.807) is 19.1 Å². The van der Waals surface area contributed by atoms with Gasteiger partial charge in [-0.2, -0.15) is 0 Å². The molecule has 3 rings (SSSR count). The molecule has 1 N–H and O–H groups in total. The van der Waals surface area contributed by atoms with Crippen LogP contribution in [0.4, 0.5) is 17.1 Å². The third-order valence-corrected chi connectivity index (χ3v) is 4.86. The Morgan fingerprint density at radius 3 is 2.64 bits per heavy atom. The summed E-state index contributed by atoms with van der Waals surface area (Å²) in [7, 11) is 0. The maximum absolute atomic E-state index is 12.8. The quantitative estimate of drug-likeness (QED) is 0.548. The van der Waals surface area contributed by atoms with Gasteiger partial charge in [0.15, 0.2) is 5.75 Å². The van der Waals surface area contributed by atoms with Crippen molar-refractivity contribution in [3.63, 3.8) is 0 Å². The first kappa shape index (κ1) is 19.9. The minimum absolute atomic E-state index is 0.140. The van der Waals surface area contributed by atoms with Gasteiger partial charge >= 0.3 is 5.69 Å². The molecule has 0 spiro atoms. The molecule has 1 heterocycles. The van der Waals surface area contributed by atoms with Gasteiger partial charge in [0.25, 0.3) is 5.91 Å². The monoisotopic (exact) mass is 403 g/mol. The van der Waals surface area contributed by atoms with Crippen LogP contribution in [0.5, 0.6) is 5.75 Å². The number of hydrogen-bond donors (Lipinski definition) is 1. The Labute approximate surface area is 168 Å². The van der Waals surface area contributed by atoms with Crippen LogP contribution in [0.15, 0.2) is 36.4 Å². The van der Waals surface area contributed by atoms with E-state index in [0.29, 0.717) is 17.3 Å². The molecule has 8 heteroatoms. The van der Waals surface area contributed by atoms with Crippen molar-refractivity contribution in [2.45, 2.75) is 26.2 Å². The van der Waals surface area contributed by atoms with Gasteiger partial charge < -0.3 is 15.0 Å². The molecular formula is C20H22ClN3O4. The largest absolute Gasteiger partial charge is 0.487 e. The normalized spacial score (nSPS) is 13.9. The third-order valence-electron chi connectivity index (χ3n) is 4.62. The number of rotatable bonds is 6. The highest BCUT2D eigenvalue weighted by molar-refractivity contribution is 6.31. The zero-order valence-corrected chi connectivity index (χ0v) is 16.4. The molecule has 2 aromatic rings. The minimum Gasteiger partial charge on any atom is -0.487 e. The summed E-state index contributed by atoms with van der Waals surface area (Å²) in [5, 5.41) is 14.7. The average molecular weight is 404 g/mol. The maximum atomic E-state index is 12.8. The van der Waals surface area contributed by atoms with Gasteiger partial charge in [-0.15, -0.1) is 0 Å². The molecule has 1 saturated heterocycles. The molecule has 28 heavy (non-hydrogen) atoms. The first-order chi connectivity index (χ1) is 13.5. The van der Waals surface area contributed by atoms with Crippen molar-refractivity contribution in [2.75, 3.05) is 29.9 Å². The summed E-state index contributed by atoms with van der Waals surface area (Å²) in [6, 6.07) is 9.57. The van der Waals surface area contributed by atoms with E-state index in [-0.39, 0.29) is 17.0 Å². The van der Waals surface area contributed by atoms with Crippen molar-refractivity contribution < 1.29 is 14.5 Å². The smallest absolute Gasteiger partial charge is 0.311 e. The summed E-state index contributed by atoms with van der Waals surface area (Å²) < 4.78 is 5.27. The van der Waals surface area contributed by atoms with Crippen LogP contribution in [0, 0.1) is 10.1 Å². The predicted octanol–water partition coefficient (Wildman–Crippen LogP) is 4.89. The average Bonchev–Trinajstić information content (AvgIpc) is 2.69. The van der Waals surface area contributed by atoms with Crippen molar-refractivity contribution in [2.24, 2.45) is 0 Å². The van der Waals surface area contributed by atoms with E-state index in [1.165, 1.54) is 24.6 Å². The van der Waals surface area contributed by atoms with Crippen LogP contribution in [0.3, 0.4) is 0 Å². The standard InChI is InChI=1S/C20H22ClN3O4/c1-2-28-19-9-6-14(12-18(19)24(26)27)20(25)22-16-13-15(21)7-8-17(16)23-10-4-3-5-11-23/h6-9,12-13H,2-5,10-11H2,1H3,(H,22,25). The number of piperidine rings is 1. The maximum Gasteiger partial charge on any atom is 0.311 e. The number of halogens is 1. The van der Waals surface area contributed by atoms with E-state index in [1.807, 2.05) is 6.07 Å². The number of nitro benzene ring substituents is 1. The summed E-state index contributed by atoms with van der Waals surface area (Å²) >= 11 is 6.13. The molecule has 1 aliphatic rings. The summed E-state index contributed by atoms with van der Waals surface area (Å²) in [6.07, 6.45) is 3.39. The number of nitro groups is 1. The zero-order valence-electron chi connectivity index (χ0n) is 15.6. The van der Waals surface area contributed by atoms with E-state index in [4.69, 9.17) is 16.3 Å². The first-order valence-electron chi connectivity index (χ1n) is 9.26. The highest BCUT2D eigenvalue weighted by Gasteiger charge is 2.21. The van der Waals surface area contributed by atoms with Crippen molar-refractivity contribution in [1.82, 2.24) is 0 Å². The van der Waals surface area contributed by atoms with Crippen molar-refractivity contribution >= 4 is 34.6 Å². The molecule has 1 fully saturated rings. The van der Waals surface area contributed by atoms with Gasteiger partial charge in [0.05, 0.1) is 22.9 Å². The summed E-state index contributed by atoms with van der Waals surface area (Å²) in [6.45, 7) is 3.87. The predicted molar refractivity (Wildman–Crippen MR) is 110 cm³/mol. The second kappa shape index (κ2) is 8.93. The van der Waals surface area contributed by atoms with Gasteiger partial charge in [0, 0.05) is 29.7 Å². The molecule has 0 unspecified atom stereocenters. The molecule has 0 aromatic heterocycles. The number of carbonyl (C=O) groups is 1. The molecular weight excluding hydrogens is 382 g/mol. The molecule has 7 nitrogen and oxygen atoms in total. The van der Waals surface area contributed by atoms with Gasteiger partial charge in [-0.05, 0) is 56.5 Å². The minimum atomic E-state index is -0.555. The number of hydrogen-bond acceptors (Lipinski definition) is 5. The number of nitrogens with zero attached hydrogens (tertiary/aromatic N) is 2. The van der Waals surface area contributed by atoms with Gasteiger partial charge in [0.2, 0.25) is 0 Å². The molecule has 1 amide bonds. The lowest BCUT2D eigenvalue weighted by atomic mass is 10.1. The zero-order chi connectivity index (χ0) is 20.1. The number of ether oxygens (including phenoxy) is 1. The highest BCUT2D eigenvalue weighted by Crippen LogP contribution is 2.33. The second-order valence-corrected chi connectivity index (χ2v) is 6.97. The number of amides is 1. The third kappa shape index (κ3) is 4.54. The summed E-state index contributed by atoms with van der Waals surface area (Å²) in [4.78, 5) is 25.7. The lowest BCUT2D eigenvalue weighted by molar-refractivity contribution is -0.385. The fourth-order valence-electron chi connectivity index (χ4n) is 3.29. The number of carbonyl (C=O) groups excluding carboxylic acids is 1. The Kier molecular flexibility index (Phi) is 6.36. The van der Waals surface area contributed by atoms with Gasteiger partial charge in [-0.25, -0.2) is 0 Å².